The largest absolute Gasteiger partial charge is 0.0699 e. The van der Waals surface area contributed by atoms with E-state index in [-0.39, 0.29) is 0 Å². The lowest BCUT2D eigenvalue weighted by atomic mass is 10.1. The molecule has 2 aromatic carbocycles. The molecule has 0 aliphatic rings. The van der Waals surface area contributed by atoms with Gasteiger partial charge in [-0.2, -0.15) is 0 Å². The molecule has 1 radical (unpaired) electrons. The summed E-state index contributed by atoms with van der Waals surface area (Å²) in [7, 11) is 0.448. The molecule has 12 heavy (non-hydrogen) atoms. The molecule has 0 aromatic heterocycles. The van der Waals surface area contributed by atoms with Crippen LogP contribution in [0.4, 0.5) is 0 Å². The smallest absolute Gasteiger partial charge is 0.0635 e. The van der Waals surface area contributed by atoms with Crippen molar-refractivity contribution in [3.63, 3.8) is 0 Å². The van der Waals surface area contributed by atoms with Crippen LogP contribution in [0.25, 0.3) is 10.8 Å². The molecular weight excluding hydrogens is 160 g/mol. The van der Waals surface area contributed by atoms with Gasteiger partial charge in [0.2, 0.25) is 0 Å². The quantitative estimate of drug-likeness (QED) is 0.575. The maximum absolute atomic E-state index is 2.30. The third-order valence-electron chi connectivity index (χ3n) is 2.11. The van der Waals surface area contributed by atoms with Gasteiger partial charge in [-0.3, -0.25) is 0 Å². The van der Waals surface area contributed by atoms with Crippen molar-refractivity contribution in [2.24, 2.45) is 0 Å². The van der Waals surface area contributed by atoms with E-state index in [9.17, 15) is 0 Å². The Morgan fingerprint density at radius 3 is 2.42 bits per heavy atom. The summed E-state index contributed by atoms with van der Waals surface area (Å²) in [5, 5.41) is 4.20. The molecule has 0 aliphatic carbocycles. The highest BCUT2D eigenvalue weighted by Gasteiger charge is 1.92. The fraction of sp³-hybridized carbons (Fsp3) is 0.0909. The van der Waals surface area contributed by atoms with Crippen molar-refractivity contribution in [3.8, 4) is 0 Å². The maximum Gasteiger partial charge on any atom is 0.0635 e. The van der Waals surface area contributed by atoms with Gasteiger partial charge in [0.15, 0.2) is 0 Å². The summed E-state index contributed by atoms with van der Waals surface area (Å²) in [4.78, 5) is 0. The second-order valence-corrected chi connectivity index (χ2v) is 4.14. The summed E-state index contributed by atoms with van der Waals surface area (Å²) in [6.07, 6.45) is 0. The summed E-state index contributed by atoms with van der Waals surface area (Å²) in [5.74, 6) is 0. The monoisotopic (exact) mass is 171 g/mol. The van der Waals surface area contributed by atoms with Crippen molar-refractivity contribution in [3.05, 3.63) is 42.5 Å². The zero-order valence-corrected chi connectivity index (χ0v) is 8.27. The Kier molecular flexibility index (Phi) is 1.96. The second kappa shape index (κ2) is 3.11. The van der Waals surface area contributed by atoms with Crippen LogP contribution in [0.1, 0.15) is 0 Å². The number of benzene rings is 2. The molecule has 0 bridgehead atoms. The van der Waals surface area contributed by atoms with Crippen LogP contribution in [-0.4, -0.2) is 9.52 Å². The van der Waals surface area contributed by atoms with Crippen molar-refractivity contribution in [2.45, 2.75) is 6.55 Å². The predicted molar refractivity (Wildman–Crippen MR) is 56.6 cm³/mol. The van der Waals surface area contributed by atoms with Crippen molar-refractivity contribution in [1.82, 2.24) is 0 Å². The minimum absolute atomic E-state index is 0.448. The Labute approximate surface area is 75.1 Å². The Morgan fingerprint density at radius 2 is 1.67 bits per heavy atom. The van der Waals surface area contributed by atoms with Crippen LogP contribution in [0.3, 0.4) is 0 Å². The molecule has 0 N–H and O–H groups in total. The van der Waals surface area contributed by atoms with E-state index in [4.69, 9.17) is 0 Å². The van der Waals surface area contributed by atoms with Crippen LogP contribution in [0.2, 0.25) is 6.55 Å². The normalized spacial score (nSPS) is 10.4. The van der Waals surface area contributed by atoms with E-state index in [0.29, 0.717) is 9.52 Å². The molecule has 0 heterocycles. The van der Waals surface area contributed by atoms with Crippen LogP contribution >= 0.6 is 0 Å². The minimum atomic E-state index is 0.448. The molecule has 59 valence electrons. The molecule has 0 spiro atoms. The summed E-state index contributed by atoms with van der Waals surface area (Å²) in [6.45, 7) is 2.27. The van der Waals surface area contributed by atoms with E-state index in [2.05, 4.69) is 49.0 Å². The number of hydrogen-bond donors (Lipinski definition) is 0. The minimum Gasteiger partial charge on any atom is -0.0699 e. The van der Waals surface area contributed by atoms with E-state index in [0.717, 1.165) is 0 Å². The van der Waals surface area contributed by atoms with Crippen LogP contribution in [-0.2, 0) is 0 Å². The van der Waals surface area contributed by atoms with Gasteiger partial charge in [-0.1, -0.05) is 54.2 Å². The Morgan fingerprint density at radius 1 is 0.917 bits per heavy atom. The van der Waals surface area contributed by atoms with E-state index in [1.54, 1.807) is 0 Å². The lowest BCUT2D eigenvalue weighted by molar-refractivity contribution is 1.78. The van der Waals surface area contributed by atoms with Crippen molar-refractivity contribution in [2.75, 3.05) is 0 Å². The van der Waals surface area contributed by atoms with Gasteiger partial charge in [0.05, 0.1) is 9.52 Å². The molecular formula is C11H11Si. The maximum atomic E-state index is 2.30. The summed E-state index contributed by atoms with van der Waals surface area (Å²) < 4.78 is 0. The van der Waals surface area contributed by atoms with E-state index >= 15 is 0 Å². The zero-order chi connectivity index (χ0) is 8.39. The fourth-order valence-electron chi connectivity index (χ4n) is 1.39. The molecule has 0 saturated heterocycles. The van der Waals surface area contributed by atoms with Crippen LogP contribution in [0.5, 0.6) is 0 Å². The first-order valence-electron chi connectivity index (χ1n) is 4.18. The van der Waals surface area contributed by atoms with Gasteiger partial charge >= 0.3 is 0 Å². The zero-order valence-electron chi connectivity index (χ0n) is 7.12. The van der Waals surface area contributed by atoms with Crippen molar-refractivity contribution >= 4 is 25.5 Å². The topological polar surface area (TPSA) is 0 Å². The summed E-state index contributed by atoms with van der Waals surface area (Å²) >= 11 is 0. The molecule has 0 fully saturated rings. The first-order valence-corrected chi connectivity index (χ1v) is 5.91. The Hall–Kier alpha value is -1.08. The van der Waals surface area contributed by atoms with Gasteiger partial charge in [-0.15, -0.1) is 0 Å². The van der Waals surface area contributed by atoms with Gasteiger partial charge in [-0.05, 0) is 10.8 Å². The Balaban J connectivity index is 2.67. The molecule has 1 heteroatoms. The van der Waals surface area contributed by atoms with Gasteiger partial charge in [0.25, 0.3) is 0 Å². The van der Waals surface area contributed by atoms with E-state index in [1.165, 1.54) is 16.0 Å². The Bertz CT molecular complexity index is 393. The van der Waals surface area contributed by atoms with Gasteiger partial charge < -0.3 is 0 Å². The lowest BCUT2D eigenvalue weighted by Crippen LogP contribution is -2.08. The van der Waals surface area contributed by atoms with Gasteiger partial charge in [-0.25, -0.2) is 0 Å². The SMILES string of the molecule is C[SiH]c1ccc2ccccc2c1. The van der Waals surface area contributed by atoms with E-state index < -0.39 is 0 Å². The highest BCUT2D eigenvalue weighted by Crippen LogP contribution is 2.10. The standard InChI is InChI=1S/C11H11Si/c1-12-11-7-6-9-4-2-3-5-10(9)8-11/h2-8,12H,1H3. The van der Waals surface area contributed by atoms with Gasteiger partial charge in [0, 0.05) is 0 Å². The lowest BCUT2D eigenvalue weighted by Gasteiger charge is -1.99. The molecule has 0 nitrogen and oxygen atoms in total. The first kappa shape index (κ1) is 7.56. The highest BCUT2D eigenvalue weighted by molar-refractivity contribution is 6.52. The highest BCUT2D eigenvalue weighted by atomic mass is 28.2. The molecule has 2 aromatic rings. The third kappa shape index (κ3) is 1.28. The van der Waals surface area contributed by atoms with Crippen molar-refractivity contribution in [1.29, 1.82) is 0 Å². The summed E-state index contributed by atoms with van der Waals surface area (Å²) in [6, 6.07) is 15.2. The van der Waals surface area contributed by atoms with Crippen LogP contribution < -0.4 is 5.19 Å². The molecule has 2 rings (SSSR count). The van der Waals surface area contributed by atoms with Crippen LogP contribution in [0.15, 0.2) is 42.5 Å². The second-order valence-electron chi connectivity index (χ2n) is 2.90. The average molecular weight is 171 g/mol. The number of fused-ring (bicyclic) bond motifs is 1. The third-order valence-corrected chi connectivity index (χ3v) is 3.13. The molecule has 0 atom stereocenters. The van der Waals surface area contributed by atoms with E-state index in [1.807, 2.05) is 0 Å². The predicted octanol–water partition coefficient (Wildman–Crippen LogP) is 1.95. The fourth-order valence-corrected chi connectivity index (χ4v) is 2.02. The molecule has 0 aliphatic heterocycles. The van der Waals surface area contributed by atoms with Crippen LogP contribution in [0, 0.1) is 0 Å². The number of rotatable bonds is 1. The van der Waals surface area contributed by atoms with Gasteiger partial charge in [0.1, 0.15) is 0 Å². The molecule has 0 amide bonds. The number of hydrogen-bond acceptors (Lipinski definition) is 0. The average Bonchev–Trinajstić information content (AvgIpc) is 2.17. The first-order chi connectivity index (χ1) is 5.90. The molecule has 0 unspecified atom stereocenters. The summed E-state index contributed by atoms with van der Waals surface area (Å²) in [5.41, 5.74) is 0. The molecule has 0 saturated carbocycles. The van der Waals surface area contributed by atoms with Crippen molar-refractivity contribution < 1.29 is 0 Å².